The highest BCUT2D eigenvalue weighted by molar-refractivity contribution is 5.81. The molecule has 1 N–H and O–H groups in total. The molecule has 8 heteroatoms. The molecule has 1 atom stereocenters. The SMILES string of the molecule is COc1cc(/C=C/CN2CCC(C(=O)NC(c3ccc(F)cc3)c3ccc4ccccc4n3)CC2)ccc1OC(C)=O. The molecular weight excluding hydrogens is 533 g/mol. The minimum atomic E-state index is -0.479. The summed E-state index contributed by atoms with van der Waals surface area (Å²) in [5.74, 6) is 0.0265. The van der Waals surface area contributed by atoms with E-state index in [9.17, 15) is 14.0 Å². The zero-order chi connectivity index (χ0) is 29.5. The molecule has 42 heavy (non-hydrogen) atoms. The highest BCUT2D eigenvalue weighted by atomic mass is 19.1. The Balaban J connectivity index is 1.20. The normalized spacial score (nSPS) is 15.0. The van der Waals surface area contributed by atoms with Gasteiger partial charge in [-0.3, -0.25) is 19.5 Å². The van der Waals surface area contributed by atoms with E-state index in [1.165, 1.54) is 26.2 Å². The van der Waals surface area contributed by atoms with Crippen molar-refractivity contribution in [2.75, 3.05) is 26.7 Å². The molecule has 2 heterocycles. The number of hydrogen-bond acceptors (Lipinski definition) is 6. The Morgan fingerprint density at radius 2 is 1.79 bits per heavy atom. The molecule has 5 rings (SSSR count). The van der Waals surface area contributed by atoms with E-state index in [0.717, 1.165) is 54.5 Å². The van der Waals surface area contributed by atoms with E-state index in [0.29, 0.717) is 17.2 Å². The number of piperidine rings is 1. The minimum absolute atomic E-state index is 0.0190. The summed E-state index contributed by atoms with van der Waals surface area (Å²) in [4.78, 5) is 31.9. The number of hydrogen-bond donors (Lipinski definition) is 1. The molecule has 0 saturated carbocycles. The van der Waals surface area contributed by atoms with Gasteiger partial charge in [-0.25, -0.2) is 4.39 Å². The monoisotopic (exact) mass is 567 g/mol. The van der Waals surface area contributed by atoms with Gasteiger partial charge in [-0.05, 0) is 73.5 Å². The molecule has 0 radical (unpaired) electrons. The number of nitrogens with zero attached hydrogens (tertiary/aromatic N) is 2. The van der Waals surface area contributed by atoms with Crippen LogP contribution in [0.3, 0.4) is 0 Å². The Labute approximate surface area is 245 Å². The van der Waals surface area contributed by atoms with Gasteiger partial charge >= 0.3 is 5.97 Å². The van der Waals surface area contributed by atoms with Crippen LogP contribution in [0.25, 0.3) is 17.0 Å². The first-order chi connectivity index (χ1) is 20.4. The van der Waals surface area contributed by atoms with E-state index in [1.807, 2.05) is 54.6 Å². The van der Waals surface area contributed by atoms with Gasteiger partial charge in [0.05, 0.1) is 24.4 Å². The van der Waals surface area contributed by atoms with Crippen molar-refractivity contribution in [3.05, 3.63) is 108 Å². The number of nitrogens with one attached hydrogen (secondary N) is 1. The number of rotatable bonds is 9. The van der Waals surface area contributed by atoms with E-state index in [1.54, 1.807) is 18.2 Å². The van der Waals surface area contributed by atoms with Gasteiger partial charge < -0.3 is 14.8 Å². The number of amides is 1. The predicted molar refractivity (Wildman–Crippen MR) is 161 cm³/mol. The summed E-state index contributed by atoms with van der Waals surface area (Å²) in [6.07, 6.45) is 5.57. The molecule has 0 spiro atoms. The number of fused-ring (bicyclic) bond motifs is 1. The third kappa shape index (κ3) is 7.19. The number of likely N-dealkylation sites (tertiary alicyclic amines) is 1. The Morgan fingerprint density at radius 3 is 2.52 bits per heavy atom. The second-order valence-electron chi connectivity index (χ2n) is 10.4. The van der Waals surface area contributed by atoms with Crippen LogP contribution in [0, 0.1) is 11.7 Å². The number of carbonyl (C=O) groups is 2. The smallest absolute Gasteiger partial charge is 0.308 e. The summed E-state index contributed by atoms with van der Waals surface area (Å²) in [6, 6.07) is 22.9. The van der Waals surface area contributed by atoms with Crippen LogP contribution in [0.1, 0.15) is 42.6 Å². The molecule has 1 aliphatic heterocycles. The Morgan fingerprint density at radius 1 is 1.02 bits per heavy atom. The summed E-state index contributed by atoms with van der Waals surface area (Å²) in [6.45, 7) is 3.70. The average molecular weight is 568 g/mol. The molecule has 3 aromatic carbocycles. The molecular formula is C34H34FN3O4. The van der Waals surface area contributed by atoms with Crippen molar-refractivity contribution in [2.24, 2.45) is 5.92 Å². The molecule has 1 unspecified atom stereocenters. The van der Waals surface area contributed by atoms with Crippen LogP contribution in [-0.2, 0) is 9.59 Å². The zero-order valence-electron chi connectivity index (χ0n) is 23.8. The molecule has 1 aromatic heterocycles. The highest BCUT2D eigenvalue weighted by Gasteiger charge is 2.28. The maximum Gasteiger partial charge on any atom is 0.308 e. The number of ether oxygens (including phenoxy) is 2. The van der Waals surface area contributed by atoms with Crippen molar-refractivity contribution in [3.63, 3.8) is 0 Å². The fourth-order valence-corrected chi connectivity index (χ4v) is 5.23. The van der Waals surface area contributed by atoms with E-state index in [4.69, 9.17) is 14.5 Å². The number of aromatic nitrogens is 1. The largest absolute Gasteiger partial charge is 0.493 e. The Hall–Kier alpha value is -4.56. The first-order valence-corrected chi connectivity index (χ1v) is 14.1. The highest BCUT2D eigenvalue weighted by Crippen LogP contribution is 2.29. The van der Waals surface area contributed by atoms with Crippen LogP contribution in [0.4, 0.5) is 4.39 Å². The van der Waals surface area contributed by atoms with Crippen molar-refractivity contribution in [1.82, 2.24) is 15.2 Å². The maximum absolute atomic E-state index is 13.7. The number of benzene rings is 3. The van der Waals surface area contributed by atoms with Crippen molar-refractivity contribution >= 4 is 28.9 Å². The molecule has 0 aliphatic carbocycles. The first kappa shape index (κ1) is 29.0. The second kappa shape index (κ2) is 13.4. The van der Waals surface area contributed by atoms with Gasteiger partial charge in [0.2, 0.25) is 5.91 Å². The molecule has 216 valence electrons. The zero-order valence-corrected chi connectivity index (χ0v) is 23.8. The van der Waals surface area contributed by atoms with Crippen LogP contribution in [0.5, 0.6) is 11.5 Å². The van der Waals surface area contributed by atoms with Crippen molar-refractivity contribution in [1.29, 1.82) is 0 Å². The van der Waals surface area contributed by atoms with E-state index in [2.05, 4.69) is 16.3 Å². The molecule has 1 fully saturated rings. The summed E-state index contributed by atoms with van der Waals surface area (Å²) >= 11 is 0. The standard InChI is InChI=1S/C34H34FN3O4/c1-23(39)42-31-16-9-24(22-32(31)41-2)6-5-19-38-20-17-27(18-21-38)34(40)37-33(26-10-13-28(35)14-11-26)30-15-12-25-7-3-4-8-29(25)36-30/h3-16,22,27,33H,17-21H2,1-2H3,(H,37,40)/b6-5+. The van der Waals surface area contributed by atoms with E-state index < -0.39 is 12.0 Å². The quantitative estimate of drug-likeness (QED) is 0.199. The third-order valence-corrected chi connectivity index (χ3v) is 7.48. The van der Waals surface area contributed by atoms with E-state index >= 15 is 0 Å². The van der Waals surface area contributed by atoms with Crippen LogP contribution in [0.15, 0.2) is 84.9 Å². The summed E-state index contributed by atoms with van der Waals surface area (Å²) in [7, 11) is 1.54. The summed E-state index contributed by atoms with van der Waals surface area (Å²) in [5.41, 5.74) is 3.28. The Bertz CT molecular complexity index is 1580. The first-order valence-electron chi connectivity index (χ1n) is 14.1. The van der Waals surface area contributed by atoms with Gasteiger partial charge in [-0.15, -0.1) is 0 Å². The minimum Gasteiger partial charge on any atom is -0.493 e. The number of carbonyl (C=O) groups excluding carboxylic acids is 2. The number of methoxy groups -OCH3 is 1. The van der Waals surface area contributed by atoms with E-state index in [-0.39, 0.29) is 17.6 Å². The Kier molecular flexibility index (Phi) is 9.24. The van der Waals surface area contributed by atoms with Crippen molar-refractivity contribution in [2.45, 2.75) is 25.8 Å². The van der Waals surface area contributed by atoms with Crippen LogP contribution in [0.2, 0.25) is 0 Å². The molecule has 0 bridgehead atoms. The second-order valence-corrected chi connectivity index (χ2v) is 10.4. The van der Waals surface area contributed by atoms with Crippen LogP contribution >= 0.6 is 0 Å². The van der Waals surface area contributed by atoms with Crippen LogP contribution in [-0.4, -0.2) is 48.5 Å². The topological polar surface area (TPSA) is 80.8 Å². The summed E-state index contributed by atoms with van der Waals surface area (Å²) in [5, 5.41) is 4.23. The van der Waals surface area contributed by atoms with Crippen molar-refractivity contribution < 1.29 is 23.5 Å². The molecule has 4 aromatic rings. The molecule has 7 nitrogen and oxygen atoms in total. The number of para-hydroxylation sites is 1. The van der Waals surface area contributed by atoms with Gasteiger partial charge in [-0.2, -0.15) is 0 Å². The number of halogens is 1. The van der Waals surface area contributed by atoms with Gasteiger partial charge in [0, 0.05) is 24.8 Å². The average Bonchev–Trinajstić information content (AvgIpc) is 3.01. The third-order valence-electron chi connectivity index (χ3n) is 7.48. The van der Waals surface area contributed by atoms with Gasteiger partial charge in [0.25, 0.3) is 0 Å². The fourth-order valence-electron chi connectivity index (χ4n) is 5.23. The number of pyridine rings is 1. The lowest BCUT2D eigenvalue weighted by Crippen LogP contribution is -2.42. The van der Waals surface area contributed by atoms with Crippen molar-refractivity contribution in [3.8, 4) is 11.5 Å². The molecule has 1 saturated heterocycles. The molecule has 1 aliphatic rings. The summed E-state index contributed by atoms with van der Waals surface area (Å²) < 4.78 is 24.2. The predicted octanol–water partition coefficient (Wildman–Crippen LogP) is 5.94. The number of esters is 1. The van der Waals surface area contributed by atoms with Gasteiger partial charge in [0.15, 0.2) is 11.5 Å². The van der Waals surface area contributed by atoms with Gasteiger partial charge in [0.1, 0.15) is 5.82 Å². The lowest BCUT2D eigenvalue weighted by atomic mass is 9.94. The fraction of sp³-hybridized carbons (Fsp3) is 0.265. The van der Waals surface area contributed by atoms with Gasteiger partial charge in [-0.1, -0.05) is 54.6 Å². The lowest BCUT2D eigenvalue weighted by molar-refractivity contribution is -0.132. The van der Waals surface area contributed by atoms with Crippen LogP contribution < -0.4 is 14.8 Å². The molecule has 1 amide bonds. The lowest BCUT2D eigenvalue weighted by Gasteiger charge is -2.31. The maximum atomic E-state index is 13.7.